The zero-order valence-corrected chi connectivity index (χ0v) is 12.5. The molecule has 0 amide bonds. The van der Waals surface area contributed by atoms with E-state index < -0.39 is 5.97 Å². The number of hydrogen-bond donors (Lipinski definition) is 1. The van der Waals surface area contributed by atoms with Gasteiger partial charge in [0.15, 0.2) is 0 Å². The molecule has 5 heteroatoms. The fourth-order valence-corrected chi connectivity index (χ4v) is 2.70. The van der Waals surface area contributed by atoms with Crippen LogP contribution >= 0.6 is 15.9 Å². The summed E-state index contributed by atoms with van der Waals surface area (Å²) in [6, 6.07) is 8.29. The van der Waals surface area contributed by atoms with Crippen LogP contribution in [-0.2, 0) is 11.3 Å². The summed E-state index contributed by atoms with van der Waals surface area (Å²) in [6.45, 7) is 5.53. The first kappa shape index (κ1) is 14.5. The largest absolute Gasteiger partial charge is 0.481 e. The van der Waals surface area contributed by atoms with E-state index in [1.807, 2.05) is 6.07 Å². The highest BCUT2D eigenvalue weighted by Crippen LogP contribution is 2.18. The molecule has 0 spiro atoms. The summed E-state index contributed by atoms with van der Waals surface area (Å²) >= 11 is 3.57. The van der Waals surface area contributed by atoms with Gasteiger partial charge in [0.05, 0.1) is 6.42 Å². The lowest BCUT2D eigenvalue weighted by molar-refractivity contribution is -0.137. The predicted octanol–water partition coefficient (Wildman–Crippen LogP) is 2.04. The fourth-order valence-electron chi connectivity index (χ4n) is 2.29. The van der Waals surface area contributed by atoms with Crippen LogP contribution in [0.15, 0.2) is 28.7 Å². The van der Waals surface area contributed by atoms with E-state index in [2.05, 4.69) is 43.9 Å². The number of rotatable bonds is 5. The highest BCUT2D eigenvalue weighted by Gasteiger charge is 2.17. The van der Waals surface area contributed by atoms with Crippen molar-refractivity contribution >= 4 is 21.9 Å². The lowest BCUT2D eigenvalue weighted by Gasteiger charge is -2.34. The molecule has 19 heavy (non-hydrogen) atoms. The van der Waals surface area contributed by atoms with Crippen LogP contribution in [-0.4, -0.2) is 53.6 Å². The summed E-state index contributed by atoms with van der Waals surface area (Å²) in [5.74, 6) is -0.712. The van der Waals surface area contributed by atoms with Crippen LogP contribution in [0.4, 0.5) is 0 Å². The van der Waals surface area contributed by atoms with Crippen LogP contribution in [0.3, 0.4) is 0 Å². The van der Waals surface area contributed by atoms with Gasteiger partial charge in [0.2, 0.25) is 0 Å². The first-order valence-corrected chi connectivity index (χ1v) is 7.34. The van der Waals surface area contributed by atoms with E-state index in [-0.39, 0.29) is 6.42 Å². The summed E-state index contributed by atoms with van der Waals surface area (Å²) in [6.07, 6.45) is 0.240. The van der Waals surface area contributed by atoms with Crippen molar-refractivity contribution in [2.45, 2.75) is 13.0 Å². The molecule has 1 heterocycles. The molecule has 1 N–H and O–H groups in total. The minimum Gasteiger partial charge on any atom is -0.481 e. The number of aliphatic carboxylic acids is 1. The van der Waals surface area contributed by atoms with Gasteiger partial charge >= 0.3 is 5.97 Å². The van der Waals surface area contributed by atoms with Crippen molar-refractivity contribution in [3.8, 4) is 0 Å². The first-order chi connectivity index (χ1) is 9.15. The van der Waals surface area contributed by atoms with Crippen molar-refractivity contribution < 1.29 is 9.90 Å². The Morgan fingerprint density at radius 1 is 1.16 bits per heavy atom. The minimum absolute atomic E-state index is 0.240. The first-order valence-electron chi connectivity index (χ1n) is 6.55. The highest BCUT2D eigenvalue weighted by atomic mass is 79.9. The van der Waals surface area contributed by atoms with E-state index in [1.165, 1.54) is 5.56 Å². The molecule has 0 bridgehead atoms. The Hall–Kier alpha value is -0.910. The van der Waals surface area contributed by atoms with Crippen molar-refractivity contribution in [3.05, 3.63) is 34.3 Å². The number of piperazine rings is 1. The average molecular weight is 327 g/mol. The Kier molecular flexibility index (Phi) is 5.36. The van der Waals surface area contributed by atoms with Crippen LogP contribution in [0, 0.1) is 0 Å². The molecule has 0 radical (unpaired) electrons. The molecule has 0 aliphatic carbocycles. The van der Waals surface area contributed by atoms with Crippen molar-refractivity contribution in [3.63, 3.8) is 0 Å². The Morgan fingerprint density at radius 2 is 1.79 bits per heavy atom. The molecule has 1 aliphatic heterocycles. The van der Waals surface area contributed by atoms with E-state index in [0.717, 1.165) is 37.2 Å². The average Bonchev–Trinajstić information content (AvgIpc) is 2.40. The van der Waals surface area contributed by atoms with Crippen LogP contribution in [0.5, 0.6) is 0 Å². The maximum absolute atomic E-state index is 10.5. The molecular formula is C14H19BrN2O2. The molecule has 2 rings (SSSR count). The van der Waals surface area contributed by atoms with Crippen molar-refractivity contribution in [1.82, 2.24) is 9.80 Å². The van der Waals surface area contributed by atoms with Gasteiger partial charge in [-0.05, 0) is 11.6 Å². The van der Waals surface area contributed by atoms with E-state index in [4.69, 9.17) is 5.11 Å². The predicted molar refractivity (Wildman–Crippen MR) is 78.1 cm³/mol. The number of hydrogen-bond acceptors (Lipinski definition) is 3. The van der Waals surface area contributed by atoms with Gasteiger partial charge < -0.3 is 10.0 Å². The molecule has 0 aromatic heterocycles. The van der Waals surface area contributed by atoms with Crippen molar-refractivity contribution in [1.29, 1.82) is 0 Å². The summed E-state index contributed by atoms with van der Waals surface area (Å²) in [7, 11) is 0. The number of benzene rings is 1. The number of nitrogens with zero attached hydrogens (tertiary/aromatic N) is 2. The third-order valence-electron chi connectivity index (χ3n) is 3.46. The number of carboxylic acids is 1. The summed E-state index contributed by atoms with van der Waals surface area (Å²) in [5.41, 5.74) is 1.31. The third-order valence-corrected chi connectivity index (χ3v) is 4.23. The standard InChI is InChI=1S/C14H19BrN2O2/c15-13-4-2-1-3-12(13)11-17-9-7-16(8-10-17)6-5-14(18)19/h1-4H,5-11H2,(H,18,19). The smallest absolute Gasteiger partial charge is 0.304 e. The van der Waals surface area contributed by atoms with Crippen LogP contribution in [0.1, 0.15) is 12.0 Å². The second-order valence-corrected chi connectivity index (χ2v) is 5.71. The Balaban J connectivity index is 1.77. The number of carbonyl (C=O) groups is 1. The molecule has 0 atom stereocenters. The van der Waals surface area contributed by atoms with E-state index in [1.54, 1.807) is 0 Å². The van der Waals surface area contributed by atoms with Gasteiger partial charge in [-0.15, -0.1) is 0 Å². The molecule has 1 aromatic carbocycles. The van der Waals surface area contributed by atoms with Gasteiger partial charge in [0, 0.05) is 43.7 Å². The molecule has 1 fully saturated rings. The van der Waals surface area contributed by atoms with Gasteiger partial charge in [-0.25, -0.2) is 0 Å². The zero-order valence-electron chi connectivity index (χ0n) is 10.9. The summed E-state index contributed by atoms with van der Waals surface area (Å²) < 4.78 is 1.16. The lowest BCUT2D eigenvalue weighted by Crippen LogP contribution is -2.46. The van der Waals surface area contributed by atoms with Crippen molar-refractivity contribution in [2.24, 2.45) is 0 Å². The molecule has 1 aliphatic rings. The number of halogens is 1. The second kappa shape index (κ2) is 7.03. The molecule has 1 saturated heterocycles. The third kappa shape index (κ3) is 4.60. The zero-order chi connectivity index (χ0) is 13.7. The normalized spacial score (nSPS) is 17.5. The highest BCUT2D eigenvalue weighted by molar-refractivity contribution is 9.10. The van der Waals surface area contributed by atoms with Crippen LogP contribution in [0.25, 0.3) is 0 Å². The minimum atomic E-state index is -0.712. The Bertz CT molecular complexity index is 431. The molecule has 104 valence electrons. The van der Waals surface area contributed by atoms with Crippen molar-refractivity contribution in [2.75, 3.05) is 32.7 Å². The summed E-state index contributed by atoms with van der Waals surface area (Å²) in [4.78, 5) is 15.2. The van der Waals surface area contributed by atoms with E-state index in [9.17, 15) is 4.79 Å². The Morgan fingerprint density at radius 3 is 2.42 bits per heavy atom. The molecule has 0 saturated carbocycles. The van der Waals surface area contributed by atoms with E-state index in [0.29, 0.717) is 6.54 Å². The quantitative estimate of drug-likeness (QED) is 0.899. The van der Waals surface area contributed by atoms with E-state index >= 15 is 0 Å². The number of carboxylic acid groups (broad SMARTS) is 1. The lowest BCUT2D eigenvalue weighted by atomic mass is 10.2. The van der Waals surface area contributed by atoms with Gasteiger partial charge in [-0.1, -0.05) is 34.1 Å². The van der Waals surface area contributed by atoms with Crippen LogP contribution in [0.2, 0.25) is 0 Å². The monoisotopic (exact) mass is 326 g/mol. The maximum Gasteiger partial charge on any atom is 0.304 e. The van der Waals surface area contributed by atoms with Gasteiger partial charge in [-0.2, -0.15) is 0 Å². The Labute approximate surface area is 122 Å². The fraction of sp³-hybridized carbons (Fsp3) is 0.500. The van der Waals surface area contributed by atoms with Crippen LogP contribution < -0.4 is 0 Å². The second-order valence-electron chi connectivity index (χ2n) is 4.85. The van der Waals surface area contributed by atoms with Gasteiger partial charge in [0.25, 0.3) is 0 Å². The SMILES string of the molecule is O=C(O)CCN1CCN(Cc2ccccc2Br)CC1. The maximum atomic E-state index is 10.5. The molecular weight excluding hydrogens is 308 g/mol. The summed E-state index contributed by atoms with van der Waals surface area (Å²) in [5, 5.41) is 8.68. The topological polar surface area (TPSA) is 43.8 Å². The molecule has 4 nitrogen and oxygen atoms in total. The van der Waals surface area contributed by atoms with Gasteiger partial charge in [0.1, 0.15) is 0 Å². The molecule has 1 aromatic rings. The van der Waals surface area contributed by atoms with Gasteiger partial charge in [-0.3, -0.25) is 9.69 Å². The molecule has 0 unspecified atom stereocenters.